The van der Waals surface area contributed by atoms with E-state index in [2.05, 4.69) is 15.6 Å². The molecule has 0 fully saturated rings. The van der Waals surface area contributed by atoms with Gasteiger partial charge in [0.2, 0.25) is 5.56 Å². The first-order valence-electron chi connectivity index (χ1n) is 9.64. The van der Waals surface area contributed by atoms with Gasteiger partial charge >= 0.3 is 0 Å². The predicted molar refractivity (Wildman–Crippen MR) is 116 cm³/mol. The summed E-state index contributed by atoms with van der Waals surface area (Å²) in [6, 6.07) is 10.9. The monoisotopic (exact) mass is 404 g/mol. The van der Waals surface area contributed by atoms with E-state index < -0.39 is 0 Å². The molecule has 1 aromatic heterocycles. The predicted octanol–water partition coefficient (Wildman–Crippen LogP) is 3.09. The van der Waals surface area contributed by atoms with E-state index in [1.807, 2.05) is 37.4 Å². The van der Waals surface area contributed by atoms with Gasteiger partial charge in [-0.05, 0) is 49.9 Å². The van der Waals surface area contributed by atoms with E-state index in [0.29, 0.717) is 11.6 Å². The molecule has 0 atom stereocenters. The van der Waals surface area contributed by atoms with Crippen molar-refractivity contribution in [2.75, 3.05) is 26.7 Å². The van der Waals surface area contributed by atoms with Crippen molar-refractivity contribution in [2.24, 2.45) is 4.99 Å². The van der Waals surface area contributed by atoms with Gasteiger partial charge < -0.3 is 19.9 Å². The lowest BCUT2D eigenvalue weighted by molar-refractivity contribution is 0.414. The summed E-state index contributed by atoms with van der Waals surface area (Å²) in [5.41, 5.74) is 1.11. The van der Waals surface area contributed by atoms with Crippen LogP contribution >= 0.6 is 11.6 Å². The van der Waals surface area contributed by atoms with Crippen molar-refractivity contribution < 1.29 is 4.74 Å². The minimum Gasteiger partial charge on any atom is -0.497 e. The molecular formula is C21H29ClN4O2. The Hall–Kier alpha value is -2.47. The van der Waals surface area contributed by atoms with E-state index >= 15 is 0 Å². The van der Waals surface area contributed by atoms with Crippen molar-refractivity contribution in [1.29, 1.82) is 0 Å². The summed E-state index contributed by atoms with van der Waals surface area (Å²) < 4.78 is 6.90. The van der Waals surface area contributed by atoms with Gasteiger partial charge in [0.1, 0.15) is 5.75 Å². The van der Waals surface area contributed by atoms with Crippen molar-refractivity contribution in [1.82, 2.24) is 15.2 Å². The maximum Gasteiger partial charge on any atom is 0.250 e. The fourth-order valence-electron chi connectivity index (χ4n) is 2.75. The number of unbranched alkanes of at least 4 members (excludes halogenated alkanes) is 1. The molecular weight excluding hydrogens is 376 g/mol. The number of hydrogen-bond donors (Lipinski definition) is 2. The van der Waals surface area contributed by atoms with E-state index in [0.717, 1.165) is 56.2 Å². The Morgan fingerprint density at radius 3 is 2.79 bits per heavy atom. The number of aromatic nitrogens is 1. The second-order valence-corrected chi connectivity index (χ2v) is 6.74. The molecule has 7 heteroatoms. The number of aliphatic imine (C=N–C) groups is 1. The lowest BCUT2D eigenvalue weighted by Crippen LogP contribution is -2.38. The van der Waals surface area contributed by atoms with Crippen LogP contribution in [0.1, 0.15) is 25.3 Å². The molecule has 2 N–H and O–H groups in total. The molecule has 0 saturated heterocycles. The Morgan fingerprint density at radius 2 is 2.07 bits per heavy atom. The third kappa shape index (κ3) is 7.27. The Kier molecular flexibility index (Phi) is 9.42. The summed E-state index contributed by atoms with van der Waals surface area (Å²) in [4.78, 5) is 16.3. The first-order chi connectivity index (χ1) is 13.6. The summed E-state index contributed by atoms with van der Waals surface area (Å²) in [5.74, 6) is 1.55. The van der Waals surface area contributed by atoms with Gasteiger partial charge in [-0.25, -0.2) is 0 Å². The third-order valence-electron chi connectivity index (χ3n) is 4.27. The van der Waals surface area contributed by atoms with Crippen LogP contribution in [-0.2, 0) is 13.0 Å². The highest BCUT2D eigenvalue weighted by atomic mass is 35.5. The fourth-order valence-corrected chi connectivity index (χ4v) is 3.01. The molecule has 0 aliphatic carbocycles. The van der Waals surface area contributed by atoms with Gasteiger partial charge in [-0.2, -0.15) is 0 Å². The minimum absolute atomic E-state index is 0.0400. The number of benzene rings is 1. The molecule has 2 aromatic rings. The first kappa shape index (κ1) is 21.8. The van der Waals surface area contributed by atoms with Gasteiger partial charge in [0, 0.05) is 43.5 Å². The molecule has 0 radical (unpaired) electrons. The van der Waals surface area contributed by atoms with Gasteiger partial charge in [0.05, 0.1) is 7.11 Å². The van der Waals surface area contributed by atoms with E-state index in [4.69, 9.17) is 16.3 Å². The molecule has 0 aliphatic heterocycles. The molecule has 6 nitrogen and oxygen atoms in total. The van der Waals surface area contributed by atoms with Crippen LogP contribution in [0.3, 0.4) is 0 Å². The van der Waals surface area contributed by atoms with E-state index in [9.17, 15) is 4.79 Å². The lowest BCUT2D eigenvalue weighted by atomic mass is 10.1. The van der Waals surface area contributed by atoms with Gasteiger partial charge in [0.15, 0.2) is 5.96 Å². The van der Waals surface area contributed by atoms with Crippen molar-refractivity contribution >= 4 is 17.6 Å². The minimum atomic E-state index is 0.0400. The van der Waals surface area contributed by atoms with E-state index in [1.54, 1.807) is 23.8 Å². The number of aryl methyl sites for hydroxylation is 1. The van der Waals surface area contributed by atoms with Crippen molar-refractivity contribution in [3.05, 3.63) is 63.5 Å². The average molecular weight is 405 g/mol. The van der Waals surface area contributed by atoms with Crippen molar-refractivity contribution in [3.63, 3.8) is 0 Å². The van der Waals surface area contributed by atoms with Crippen LogP contribution < -0.4 is 20.9 Å². The molecule has 0 spiro atoms. The molecule has 0 bridgehead atoms. The maximum atomic E-state index is 11.7. The molecule has 1 aromatic carbocycles. The van der Waals surface area contributed by atoms with E-state index in [1.165, 1.54) is 0 Å². The summed E-state index contributed by atoms with van der Waals surface area (Å²) in [7, 11) is 1.63. The van der Waals surface area contributed by atoms with Gasteiger partial charge in [-0.15, -0.1) is 0 Å². The molecule has 0 aliphatic rings. The Balaban J connectivity index is 1.75. The van der Waals surface area contributed by atoms with Crippen LogP contribution in [0.5, 0.6) is 5.75 Å². The molecule has 28 heavy (non-hydrogen) atoms. The number of rotatable bonds is 10. The Morgan fingerprint density at radius 1 is 1.21 bits per heavy atom. The van der Waals surface area contributed by atoms with Gasteiger partial charge in [-0.1, -0.05) is 23.7 Å². The zero-order valence-corrected chi connectivity index (χ0v) is 17.3. The summed E-state index contributed by atoms with van der Waals surface area (Å²) in [6.07, 6.45) is 4.45. The van der Waals surface area contributed by atoms with Crippen molar-refractivity contribution in [3.8, 4) is 5.75 Å². The number of methoxy groups -OCH3 is 1. The molecule has 0 saturated carbocycles. The zero-order valence-electron chi connectivity index (χ0n) is 16.6. The van der Waals surface area contributed by atoms with Crippen LogP contribution in [-0.4, -0.2) is 37.3 Å². The standard InChI is InChI=1S/C21H29ClN4O2/c1-3-23-21(24-12-5-7-15-26-14-6-4-8-20(26)27)25-13-11-17-9-10-18(28-2)16-19(17)22/h4,6,8-10,14,16H,3,5,7,11-13,15H2,1-2H3,(H2,23,24,25). The quantitative estimate of drug-likeness (QED) is 0.363. The SMILES string of the molecule is CCNC(=NCCCCn1ccccc1=O)NCCc1ccc(OC)cc1Cl. The summed E-state index contributed by atoms with van der Waals surface area (Å²) in [6.45, 7) is 5.00. The number of nitrogens with one attached hydrogen (secondary N) is 2. The highest BCUT2D eigenvalue weighted by Crippen LogP contribution is 2.22. The summed E-state index contributed by atoms with van der Waals surface area (Å²) in [5, 5.41) is 7.29. The number of hydrogen-bond acceptors (Lipinski definition) is 3. The van der Waals surface area contributed by atoms with Gasteiger partial charge in [-0.3, -0.25) is 9.79 Å². The molecule has 2 rings (SSSR count). The smallest absolute Gasteiger partial charge is 0.250 e. The number of ether oxygens (including phenoxy) is 1. The van der Waals surface area contributed by atoms with Crippen LogP contribution in [0.4, 0.5) is 0 Å². The largest absolute Gasteiger partial charge is 0.497 e. The number of guanidine groups is 1. The molecule has 0 amide bonds. The Labute approximate surface area is 171 Å². The summed E-state index contributed by atoms with van der Waals surface area (Å²) >= 11 is 6.29. The lowest BCUT2D eigenvalue weighted by Gasteiger charge is -2.12. The van der Waals surface area contributed by atoms with Crippen LogP contribution in [0.2, 0.25) is 5.02 Å². The molecule has 152 valence electrons. The van der Waals surface area contributed by atoms with Crippen LogP contribution in [0, 0.1) is 0 Å². The average Bonchev–Trinajstić information content (AvgIpc) is 2.70. The highest BCUT2D eigenvalue weighted by Gasteiger charge is 2.03. The first-order valence-corrected chi connectivity index (χ1v) is 10.0. The van der Waals surface area contributed by atoms with Crippen molar-refractivity contribution in [2.45, 2.75) is 32.7 Å². The topological polar surface area (TPSA) is 67.7 Å². The third-order valence-corrected chi connectivity index (χ3v) is 4.62. The second kappa shape index (κ2) is 12.1. The maximum absolute atomic E-state index is 11.7. The fraction of sp³-hybridized carbons (Fsp3) is 0.429. The molecule has 0 unspecified atom stereocenters. The molecule has 1 heterocycles. The van der Waals surface area contributed by atoms with Gasteiger partial charge in [0.25, 0.3) is 0 Å². The van der Waals surface area contributed by atoms with Crippen LogP contribution in [0.25, 0.3) is 0 Å². The number of halogens is 1. The highest BCUT2D eigenvalue weighted by molar-refractivity contribution is 6.31. The van der Waals surface area contributed by atoms with Crippen LogP contribution in [0.15, 0.2) is 52.4 Å². The Bertz CT molecular complexity index is 820. The number of nitrogens with zero attached hydrogens (tertiary/aromatic N) is 2. The van der Waals surface area contributed by atoms with E-state index in [-0.39, 0.29) is 5.56 Å². The zero-order chi connectivity index (χ0) is 20.2. The normalized spacial score (nSPS) is 11.3. The number of pyridine rings is 1. The second-order valence-electron chi connectivity index (χ2n) is 6.33.